The van der Waals surface area contributed by atoms with Gasteiger partial charge in [0.05, 0.1) is 6.20 Å². The minimum Gasteiger partial charge on any atom is -0.455 e. The summed E-state index contributed by atoms with van der Waals surface area (Å²) in [6, 6.07) is 12.7. The largest absolute Gasteiger partial charge is 0.455 e. The molecule has 0 bridgehead atoms. The molecule has 0 amide bonds. The number of thioether (sulfide) groups is 1. The van der Waals surface area contributed by atoms with Crippen molar-refractivity contribution in [1.29, 1.82) is 0 Å². The predicted molar refractivity (Wildman–Crippen MR) is 92.5 cm³/mol. The van der Waals surface area contributed by atoms with E-state index in [2.05, 4.69) is 47.6 Å². The molecule has 2 atom stereocenters. The van der Waals surface area contributed by atoms with Gasteiger partial charge in [-0.15, -0.1) is 0 Å². The molecule has 3 rings (SSSR count). The smallest absolute Gasteiger partial charge is 0.145 e. The van der Waals surface area contributed by atoms with Crippen LogP contribution in [-0.4, -0.2) is 33.5 Å². The summed E-state index contributed by atoms with van der Waals surface area (Å²) in [5.41, 5.74) is 1.23. The first-order chi connectivity index (χ1) is 10.7. The van der Waals surface area contributed by atoms with Crippen LogP contribution in [0.25, 0.3) is 0 Å². The second-order valence-electron chi connectivity index (χ2n) is 5.69. The normalized spacial score (nSPS) is 22.5. The summed E-state index contributed by atoms with van der Waals surface area (Å²) in [7, 11) is 0. The van der Waals surface area contributed by atoms with Crippen molar-refractivity contribution in [1.82, 2.24) is 9.88 Å². The average Bonchev–Trinajstić information content (AvgIpc) is 2.55. The number of hydrogen-bond acceptors (Lipinski definition) is 4. The van der Waals surface area contributed by atoms with Crippen molar-refractivity contribution in [3.8, 4) is 11.5 Å². The van der Waals surface area contributed by atoms with Gasteiger partial charge in [-0.2, -0.15) is 11.8 Å². The maximum atomic E-state index is 6.02. The second kappa shape index (κ2) is 7.16. The van der Waals surface area contributed by atoms with E-state index < -0.39 is 0 Å². The highest BCUT2D eigenvalue weighted by Gasteiger charge is 2.25. The van der Waals surface area contributed by atoms with Crippen LogP contribution >= 0.6 is 11.8 Å². The molecule has 0 saturated carbocycles. The van der Waals surface area contributed by atoms with Gasteiger partial charge in [0.25, 0.3) is 0 Å². The quantitative estimate of drug-likeness (QED) is 0.844. The molecule has 2 unspecified atom stereocenters. The SMILES string of the molecule is CC1SCCN(Cc2ccccc2Oc2cccnc2)C1C. The van der Waals surface area contributed by atoms with E-state index in [4.69, 9.17) is 4.74 Å². The minimum atomic E-state index is 0.588. The van der Waals surface area contributed by atoms with E-state index in [9.17, 15) is 0 Å². The third-order valence-electron chi connectivity index (χ3n) is 4.22. The molecule has 1 aromatic heterocycles. The molecular weight excluding hydrogens is 292 g/mol. The molecule has 1 aromatic carbocycles. The molecule has 22 heavy (non-hydrogen) atoms. The van der Waals surface area contributed by atoms with Crippen LogP contribution in [0.15, 0.2) is 48.8 Å². The molecule has 4 heteroatoms. The number of aromatic nitrogens is 1. The van der Waals surface area contributed by atoms with E-state index in [0.717, 1.165) is 24.6 Å². The Hall–Kier alpha value is -1.52. The molecule has 1 aliphatic heterocycles. The van der Waals surface area contributed by atoms with Crippen molar-refractivity contribution in [3.05, 3.63) is 54.4 Å². The van der Waals surface area contributed by atoms with Gasteiger partial charge >= 0.3 is 0 Å². The Morgan fingerprint density at radius 1 is 1.23 bits per heavy atom. The van der Waals surface area contributed by atoms with E-state index in [1.165, 1.54) is 11.3 Å². The zero-order chi connectivity index (χ0) is 15.4. The summed E-state index contributed by atoms with van der Waals surface area (Å²) in [4.78, 5) is 6.66. The van der Waals surface area contributed by atoms with E-state index in [-0.39, 0.29) is 0 Å². The lowest BCUT2D eigenvalue weighted by Crippen LogP contribution is -2.43. The summed E-state index contributed by atoms with van der Waals surface area (Å²) in [6.07, 6.45) is 3.51. The molecule has 1 saturated heterocycles. The fourth-order valence-corrected chi connectivity index (χ4v) is 3.87. The summed E-state index contributed by atoms with van der Waals surface area (Å²) in [6.45, 7) is 6.71. The number of rotatable bonds is 4. The Balaban J connectivity index is 1.76. The molecule has 0 aliphatic carbocycles. The van der Waals surface area contributed by atoms with E-state index in [1.54, 1.807) is 12.4 Å². The van der Waals surface area contributed by atoms with Gasteiger partial charge in [0.15, 0.2) is 0 Å². The van der Waals surface area contributed by atoms with Crippen molar-refractivity contribution < 1.29 is 4.74 Å². The molecular formula is C18H22N2OS. The Labute approximate surface area is 136 Å². The third kappa shape index (κ3) is 3.62. The summed E-state index contributed by atoms with van der Waals surface area (Å²) < 4.78 is 6.02. The lowest BCUT2D eigenvalue weighted by molar-refractivity contribution is 0.202. The molecule has 116 valence electrons. The van der Waals surface area contributed by atoms with Crippen molar-refractivity contribution in [2.24, 2.45) is 0 Å². The first-order valence-corrected chi connectivity index (χ1v) is 8.80. The van der Waals surface area contributed by atoms with Crippen LogP contribution < -0.4 is 4.74 Å². The van der Waals surface area contributed by atoms with Gasteiger partial charge in [-0.1, -0.05) is 25.1 Å². The Morgan fingerprint density at radius 3 is 2.91 bits per heavy atom. The summed E-state index contributed by atoms with van der Waals surface area (Å²) in [5.74, 6) is 2.91. The molecule has 1 fully saturated rings. The topological polar surface area (TPSA) is 25.4 Å². The molecule has 0 spiro atoms. The van der Waals surface area contributed by atoms with Crippen LogP contribution in [0.4, 0.5) is 0 Å². The van der Waals surface area contributed by atoms with Crippen LogP contribution in [0.5, 0.6) is 11.5 Å². The van der Waals surface area contributed by atoms with E-state index in [1.807, 2.05) is 24.3 Å². The fourth-order valence-electron chi connectivity index (χ4n) is 2.71. The monoisotopic (exact) mass is 314 g/mol. The first kappa shape index (κ1) is 15.4. The third-order valence-corrected chi connectivity index (χ3v) is 5.56. The van der Waals surface area contributed by atoms with Crippen molar-refractivity contribution in [3.63, 3.8) is 0 Å². The number of para-hydroxylation sites is 1. The number of ether oxygens (including phenoxy) is 1. The number of nitrogens with zero attached hydrogens (tertiary/aromatic N) is 2. The fraction of sp³-hybridized carbons (Fsp3) is 0.389. The van der Waals surface area contributed by atoms with Gasteiger partial charge in [0.1, 0.15) is 11.5 Å². The van der Waals surface area contributed by atoms with Crippen LogP contribution in [0, 0.1) is 0 Å². The van der Waals surface area contributed by atoms with Crippen molar-refractivity contribution >= 4 is 11.8 Å². The van der Waals surface area contributed by atoms with Crippen LogP contribution in [0.1, 0.15) is 19.4 Å². The standard InChI is InChI=1S/C18H22N2OS/c1-14-15(2)22-11-10-20(14)13-16-6-3-4-8-18(16)21-17-7-5-9-19-12-17/h3-9,12,14-15H,10-11,13H2,1-2H3. The zero-order valence-electron chi connectivity index (χ0n) is 13.1. The lowest BCUT2D eigenvalue weighted by atomic mass is 10.1. The van der Waals surface area contributed by atoms with Gasteiger partial charge in [-0.05, 0) is 25.1 Å². The van der Waals surface area contributed by atoms with Gasteiger partial charge in [-0.3, -0.25) is 9.88 Å². The highest BCUT2D eigenvalue weighted by molar-refractivity contribution is 8.00. The van der Waals surface area contributed by atoms with Gasteiger partial charge in [0, 0.05) is 41.9 Å². The maximum absolute atomic E-state index is 6.02. The minimum absolute atomic E-state index is 0.588. The van der Waals surface area contributed by atoms with Crippen LogP contribution in [0.2, 0.25) is 0 Å². The van der Waals surface area contributed by atoms with Crippen molar-refractivity contribution in [2.45, 2.75) is 31.7 Å². The highest BCUT2D eigenvalue weighted by atomic mass is 32.2. The average molecular weight is 314 g/mol. The second-order valence-corrected chi connectivity index (χ2v) is 7.17. The predicted octanol–water partition coefficient (Wildman–Crippen LogP) is 4.20. The van der Waals surface area contributed by atoms with Gasteiger partial charge < -0.3 is 4.74 Å². The molecule has 3 nitrogen and oxygen atoms in total. The molecule has 1 aliphatic rings. The molecule has 2 aromatic rings. The van der Waals surface area contributed by atoms with Gasteiger partial charge in [-0.25, -0.2) is 0 Å². The van der Waals surface area contributed by atoms with Crippen LogP contribution in [-0.2, 0) is 6.54 Å². The summed E-state index contributed by atoms with van der Waals surface area (Å²) in [5, 5.41) is 0.681. The number of benzene rings is 1. The van der Waals surface area contributed by atoms with Crippen LogP contribution in [0.3, 0.4) is 0 Å². The van der Waals surface area contributed by atoms with E-state index in [0.29, 0.717) is 11.3 Å². The maximum Gasteiger partial charge on any atom is 0.145 e. The first-order valence-electron chi connectivity index (χ1n) is 7.75. The lowest BCUT2D eigenvalue weighted by Gasteiger charge is -2.37. The Bertz CT molecular complexity index is 605. The number of pyridine rings is 1. The van der Waals surface area contributed by atoms with Crippen molar-refractivity contribution in [2.75, 3.05) is 12.3 Å². The van der Waals surface area contributed by atoms with E-state index >= 15 is 0 Å². The molecule has 0 N–H and O–H groups in total. The highest BCUT2D eigenvalue weighted by Crippen LogP contribution is 2.29. The molecule has 0 radical (unpaired) electrons. The Kier molecular flexibility index (Phi) is 5.01. The Morgan fingerprint density at radius 2 is 2.09 bits per heavy atom. The van der Waals surface area contributed by atoms with Gasteiger partial charge in [0.2, 0.25) is 0 Å². The number of hydrogen-bond donors (Lipinski definition) is 0. The summed E-state index contributed by atoms with van der Waals surface area (Å²) >= 11 is 2.07. The molecule has 2 heterocycles. The zero-order valence-corrected chi connectivity index (χ0v) is 13.9.